The average molecular weight is 449 g/mol. The van der Waals surface area contributed by atoms with Gasteiger partial charge in [-0.2, -0.15) is 22.0 Å². The number of alkyl halides is 5. The van der Waals surface area contributed by atoms with E-state index in [9.17, 15) is 31.1 Å². The number of pyridine rings is 1. The van der Waals surface area contributed by atoms with E-state index in [-0.39, 0.29) is 28.6 Å². The average Bonchev–Trinajstić information content (AvgIpc) is 2.68. The smallest absolute Gasteiger partial charge is 0.403 e. The third kappa shape index (κ3) is 5.99. The number of ether oxygens (including phenoxy) is 1. The van der Waals surface area contributed by atoms with E-state index in [1.165, 1.54) is 12.3 Å². The Morgan fingerprint density at radius 2 is 1.77 bits per heavy atom. The molecule has 1 atom stereocenters. The second-order valence-corrected chi connectivity index (χ2v) is 7.53. The molecule has 0 spiro atoms. The van der Waals surface area contributed by atoms with Crippen LogP contribution in [0.4, 0.5) is 26.3 Å². The quantitative estimate of drug-likeness (QED) is 0.635. The van der Waals surface area contributed by atoms with Crippen LogP contribution >= 0.6 is 0 Å². The zero-order valence-corrected chi connectivity index (χ0v) is 16.5. The molecule has 5 nitrogen and oxygen atoms in total. The molecular formula is C20H21F6N3O2. The van der Waals surface area contributed by atoms with Gasteiger partial charge in [0.2, 0.25) is 0 Å². The summed E-state index contributed by atoms with van der Waals surface area (Å²) in [6.07, 6.45) is -1.07. The Morgan fingerprint density at radius 3 is 2.39 bits per heavy atom. The monoisotopic (exact) mass is 449 g/mol. The normalized spacial score (nSPS) is 20.6. The second-order valence-electron chi connectivity index (χ2n) is 7.53. The highest BCUT2D eigenvalue weighted by Crippen LogP contribution is 2.27. The molecule has 1 aromatic carbocycles. The number of halogens is 6. The molecule has 11 heteroatoms. The molecule has 0 saturated heterocycles. The van der Waals surface area contributed by atoms with Crippen LogP contribution in [-0.4, -0.2) is 41.8 Å². The van der Waals surface area contributed by atoms with Crippen LogP contribution in [0.25, 0.3) is 10.9 Å². The number of nitrogens with one attached hydrogen (secondary N) is 2. The Balaban J connectivity index is 1.59. The Hall–Kier alpha value is -2.56. The molecule has 3 rings (SSSR count). The molecule has 0 bridgehead atoms. The van der Waals surface area contributed by atoms with Gasteiger partial charge in [-0.05, 0) is 44.7 Å². The van der Waals surface area contributed by atoms with Crippen LogP contribution in [0.2, 0.25) is 0 Å². The van der Waals surface area contributed by atoms with Gasteiger partial charge in [0, 0.05) is 29.7 Å². The minimum absolute atomic E-state index is 0.153. The number of carbonyl (C=O) groups excluding carboxylic acids is 1. The highest BCUT2D eigenvalue weighted by atomic mass is 19.4. The van der Waals surface area contributed by atoms with Crippen molar-refractivity contribution >= 4 is 16.8 Å². The van der Waals surface area contributed by atoms with E-state index >= 15 is 0 Å². The first-order valence-electron chi connectivity index (χ1n) is 9.70. The molecule has 2 aromatic rings. The summed E-state index contributed by atoms with van der Waals surface area (Å²) in [5.74, 6) is -2.11. The van der Waals surface area contributed by atoms with Crippen LogP contribution in [0.1, 0.15) is 43.0 Å². The SMILES string of the molecule is C[C@H](NC1CCC(NC(=O)c2cnc3cc(OC(F)F)c(F)cc3c2)CC1)C(F)(F)F. The number of hydrogen-bond acceptors (Lipinski definition) is 4. The Kier molecular flexibility index (Phi) is 6.93. The summed E-state index contributed by atoms with van der Waals surface area (Å²) in [6, 6.07) is 1.27. The van der Waals surface area contributed by atoms with Crippen LogP contribution in [0.5, 0.6) is 5.75 Å². The van der Waals surface area contributed by atoms with Crippen molar-refractivity contribution in [2.24, 2.45) is 0 Å². The van der Waals surface area contributed by atoms with Crippen molar-refractivity contribution in [2.75, 3.05) is 0 Å². The molecular weight excluding hydrogens is 428 g/mol. The first-order valence-corrected chi connectivity index (χ1v) is 9.70. The number of nitrogens with zero attached hydrogens (tertiary/aromatic N) is 1. The molecule has 1 amide bonds. The molecule has 1 saturated carbocycles. The van der Waals surface area contributed by atoms with Gasteiger partial charge in [0.1, 0.15) is 6.04 Å². The summed E-state index contributed by atoms with van der Waals surface area (Å²) in [5.41, 5.74) is 0.333. The van der Waals surface area contributed by atoms with E-state index in [0.717, 1.165) is 19.1 Å². The van der Waals surface area contributed by atoms with Crippen LogP contribution in [0, 0.1) is 5.82 Å². The van der Waals surface area contributed by atoms with E-state index in [1.807, 2.05) is 0 Å². The first-order chi connectivity index (χ1) is 14.5. The Morgan fingerprint density at radius 1 is 1.13 bits per heavy atom. The summed E-state index contributed by atoms with van der Waals surface area (Å²) < 4.78 is 80.6. The number of fused-ring (bicyclic) bond motifs is 1. The van der Waals surface area contributed by atoms with Gasteiger partial charge < -0.3 is 15.4 Å². The van der Waals surface area contributed by atoms with Crippen molar-refractivity contribution in [1.29, 1.82) is 0 Å². The lowest BCUT2D eigenvalue weighted by Crippen LogP contribution is -2.48. The van der Waals surface area contributed by atoms with Crippen LogP contribution in [-0.2, 0) is 0 Å². The lowest BCUT2D eigenvalue weighted by molar-refractivity contribution is -0.153. The lowest BCUT2D eigenvalue weighted by Gasteiger charge is -2.32. The summed E-state index contributed by atoms with van der Waals surface area (Å²) in [4.78, 5) is 16.5. The fraction of sp³-hybridized carbons (Fsp3) is 0.500. The topological polar surface area (TPSA) is 63.2 Å². The molecule has 2 N–H and O–H groups in total. The molecule has 0 unspecified atom stereocenters. The predicted octanol–water partition coefficient (Wildman–Crippen LogP) is 4.56. The maximum absolute atomic E-state index is 13.9. The first kappa shape index (κ1) is 23.1. The number of aromatic nitrogens is 1. The molecule has 1 aliphatic carbocycles. The number of rotatable bonds is 6. The number of carbonyl (C=O) groups is 1. The summed E-state index contributed by atoms with van der Waals surface area (Å²) in [6.45, 7) is -2.11. The van der Waals surface area contributed by atoms with Gasteiger partial charge in [0.15, 0.2) is 11.6 Å². The minimum atomic E-state index is -4.31. The summed E-state index contributed by atoms with van der Waals surface area (Å²) in [7, 11) is 0. The Bertz CT molecular complexity index is 929. The van der Waals surface area contributed by atoms with Gasteiger partial charge in [-0.25, -0.2) is 4.39 Å². The van der Waals surface area contributed by atoms with Crippen molar-refractivity contribution in [2.45, 2.75) is 63.5 Å². The summed E-state index contributed by atoms with van der Waals surface area (Å²) in [5, 5.41) is 5.61. The largest absolute Gasteiger partial charge is 0.432 e. The Labute approximate surface area is 174 Å². The zero-order valence-electron chi connectivity index (χ0n) is 16.5. The van der Waals surface area contributed by atoms with Gasteiger partial charge in [-0.15, -0.1) is 0 Å². The number of amides is 1. The van der Waals surface area contributed by atoms with Gasteiger partial charge >= 0.3 is 12.8 Å². The standard InChI is InChI=1S/C20H21F6N3O2/c1-10(20(24,25)26)28-13-2-4-14(5-3-13)29-18(30)12-6-11-7-15(21)17(31-19(22)23)8-16(11)27-9-12/h6-10,13-14,19,28H,2-5H2,1H3,(H,29,30)/t10-,13?,14?/m0/s1. The van der Waals surface area contributed by atoms with Crippen LogP contribution in [0.15, 0.2) is 24.4 Å². The van der Waals surface area contributed by atoms with Crippen molar-refractivity contribution in [3.8, 4) is 5.75 Å². The maximum Gasteiger partial charge on any atom is 0.403 e. The minimum Gasteiger partial charge on any atom is -0.432 e. The van der Waals surface area contributed by atoms with Crippen LogP contribution < -0.4 is 15.4 Å². The molecule has 1 fully saturated rings. The van der Waals surface area contributed by atoms with E-state index < -0.39 is 36.3 Å². The van der Waals surface area contributed by atoms with Gasteiger partial charge in [0.05, 0.1) is 11.1 Å². The molecule has 31 heavy (non-hydrogen) atoms. The third-order valence-corrected chi connectivity index (χ3v) is 5.25. The zero-order chi connectivity index (χ0) is 22.8. The molecule has 170 valence electrons. The fourth-order valence-corrected chi connectivity index (χ4v) is 3.56. The van der Waals surface area contributed by atoms with E-state index in [2.05, 4.69) is 20.4 Å². The van der Waals surface area contributed by atoms with E-state index in [0.29, 0.717) is 25.7 Å². The second kappa shape index (κ2) is 9.29. The highest BCUT2D eigenvalue weighted by molar-refractivity contribution is 5.97. The molecule has 1 aliphatic rings. The van der Waals surface area contributed by atoms with Crippen molar-refractivity contribution < 1.29 is 35.9 Å². The van der Waals surface area contributed by atoms with E-state index in [4.69, 9.17) is 0 Å². The number of benzene rings is 1. The summed E-state index contributed by atoms with van der Waals surface area (Å²) >= 11 is 0. The predicted molar refractivity (Wildman–Crippen MR) is 100 cm³/mol. The van der Waals surface area contributed by atoms with Crippen molar-refractivity contribution in [3.63, 3.8) is 0 Å². The highest BCUT2D eigenvalue weighted by Gasteiger charge is 2.37. The maximum atomic E-state index is 13.9. The fourth-order valence-electron chi connectivity index (χ4n) is 3.56. The molecule has 1 aromatic heterocycles. The van der Waals surface area contributed by atoms with Crippen molar-refractivity contribution in [3.05, 3.63) is 35.8 Å². The molecule has 0 aliphatic heterocycles. The van der Waals surface area contributed by atoms with Gasteiger partial charge in [-0.1, -0.05) is 0 Å². The van der Waals surface area contributed by atoms with Gasteiger partial charge in [-0.3, -0.25) is 9.78 Å². The molecule has 0 radical (unpaired) electrons. The van der Waals surface area contributed by atoms with Crippen molar-refractivity contribution in [1.82, 2.24) is 15.6 Å². The van der Waals surface area contributed by atoms with E-state index in [1.54, 1.807) is 0 Å². The molecule has 1 heterocycles. The van der Waals surface area contributed by atoms with Gasteiger partial charge in [0.25, 0.3) is 5.91 Å². The number of hydrogen-bond donors (Lipinski definition) is 2. The third-order valence-electron chi connectivity index (χ3n) is 5.25. The van der Waals surface area contributed by atoms with Crippen LogP contribution in [0.3, 0.4) is 0 Å². The lowest BCUT2D eigenvalue weighted by atomic mass is 9.90.